The van der Waals surface area contributed by atoms with Crippen molar-refractivity contribution in [1.29, 1.82) is 0 Å². The van der Waals surface area contributed by atoms with Gasteiger partial charge in [-0.1, -0.05) is 198 Å². The number of hydrogen-bond acceptors (Lipinski definition) is 0. The molecule has 0 fully saturated rings. The van der Waals surface area contributed by atoms with E-state index < -0.39 is 0 Å². The van der Waals surface area contributed by atoms with Gasteiger partial charge in [0.05, 0.1) is 0 Å². The van der Waals surface area contributed by atoms with E-state index in [0.717, 1.165) is 6.42 Å². The van der Waals surface area contributed by atoms with Gasteiger partial charge in [0.2, 0.25) is 28.5 Å². The summed E-state index contributed by atoms with van der Waals surface area (Å²) in [6.45, 7) is 56.0. The number of aromatic nitrogens is 5. The summed E-state index contributed by atoms with van der Waals surface area (Å²) in [5, 5.41) is 0. The van der Waals surface area contributed by atoms with Crippen molar-refractivity contribution >= 4 is 0 Å². The molecule has 0 aliphatic carbocycles. The Bertz CT molecular complexity index is 4380. The second-order valence-electron chi connectivity index (χ2n) is 32.7. The van der Waals surface area contributed by atoms with Crippen LogP contribution in [0.25, 0.3) is 56.3 Å². The minimum Gasteiger partial charge on any atom is -0.201 e. The maximum absolute atomic E-state index is 2.41. The molecule has 0 aliphatic heterocycles. The SMILES string of the molecule is CCC(CC)c1ccc(C)c(-c2cc(C(C)C)cc[n+]2C)c1.Cc1cc(C(C)(C)C)ccc1-c1cc(C(C)C)cc[n+]1C.Cc1cc(C(C)C)ccc1-c1cc(C(C)C)cc[n+]1C.Cc1cc(CC(C)C)ccc1-c1cc(C(C)C)cc[n+]1C.Cc1ccc(-c2cc(C(C)C)cc[n+]2C)c(C)c1. The summed E-state index contributed by atoms with van der Waals surface area (Å²) in [5.74, 6) is 4.75. The lowest BCUT2D eigenvalue weighted by Crippen LogP contribution is -2.31. The van der Waals surface area contributed by atoms with E-state index in [9.17, 15) is 0 Å². The van der Waals surface area contributed by atoms with Crippen molar-refractivity contribution in [3.8, 4) is 56.3 Å². The van der Waals surface area contributed by atoms with Crippen molar-refractivity contribution in [2.75, 3.05) is 0 Å². The topological polar surface area (TPSA) is 19.4 Å². The first-order chi connectivity index (χ1) is 47.9. The van der Waals surface area contributed by atoms with E-state index in [-0.39, 0.29) is 5.41 Å². The molecule has 0 spiro atoms. The molecule has 5 heteroatoms. The van der Waals surface area contributed by atoms with Crippen LogP contribution in [0.3, 0.4) is 0 Å². The van der Waals surface area contributed by atoms with Crippen molar-refractivity contribution in [2.24, 2.45) is 41.2 Å². The average Bonchev–Trinajstić information content (AvgIpc) is 0.821. The molecule has 5 nitrogen and oxygen atoms in total. The summed E-state index contributed by atoms with van der Waals surface area (Å²) in [6.07, 6.45) is 14.4. The van der Waals surface area contributed by atoms with Crippen LogP contribution >= 0.6 is 0 Å². The van der Waals surface area contributed by atoms with Crippen molar-refractivity contribution in [1.82, 2.24) is 0 Å². The monoisotopic (exact) mass is 1370 g/mol. The van der Waals surface area contributed by atoms with Gasteiger partial charge in [-0.15, -0.1) is 0 Å². The molecule has 0 amide bonds. The lowest BCUT2D eigenvalue weighted by atomic mass is 9.85. The Morgan fingerprint density at radius 2 is 0.588 bits per heavy atom. The van der Waals surface area contributed by atoms with E-state index in [2.05, 4.69) is 414 Å². The Morgan fingerprint density at radius 1 is 0.284 bits per heavy atom. The highest BCUT2D eigenvalue weighted by Gasteiger charge is 2.23. The number of rotatable bonds is 16. The van der Waals surface area contributed by atoms with Gasteiger partial charge in [0, 0.05) is 88.5 Å². The molecule has 0 N–H and O–H groups in total. The van der Waals surface area contributed by atoms with Crippen LogP contribution in [0.15, 0.2) is 183 Å². The Kier molecular flexibility index (Phi) is 30.3. The Labute approximate surface area is 621 Å². The highest BCUT2D eigenvalue weighted by atomic mass is 14.9. The molecule has 0 bridgehead atoms. The summed E-state index contributed by atoms with van der Waals surface area (Å²) in [5.41, 5.74) is 34.2. The molecule has 542 valence electrons. The first-order valence-corrected chi connectivity index (χ1v) is 38.4. The fraction of sp³-hybridized carbons (Fsp3) is 0.433. The minimum atomic E-state index is 0.200. The molecule has 0 saturated heterocycles. The Hall–Kier alpha value is -8.15. The average molecular weight is 1370 g/mol. The van der Waals surface area contributed by atoms with Crippen LogP contribution in [-0.4, -0.2) is 0 Å². The van der Waals surface area contributed by atoms with E-state index in [1.165, 1.54) is 153 Å². The van der Waals surface area contributed by atoms with Crippen LogP contribution in [0.5, 0.6) is 0 Å². The fourth-order valence-electron chi connectivity index (χ4n) is 13.5. The predicted molar refractivity (Wildman–Crippen MR) is 439 cm³/mol. The third kappa shape index (κ3) is 22.4. The third-order valence-electron chi connectivity index (χ3n) is 20.6. The smallest absolute Gasteiger partial charge is 0.201 e. The van der Waals surface area contributed by atoms with Gasteiger partial charge in [-0.25, -0.2) is 22.8 Å². The van der Waals surface area contributed by atoms with Gasteiger partial charge in [-0.2, -0.15) is 0 Å². The molecule has 5 aromatic heterocycles. The molecule has 10 aromatic rings. The van der Waals surface area contributed by atoms with Crippen molar-refractivity contribution in [3.05, 3.63) is 266 Å². The summed E-state index contributed by atoms with van der Waals surface area (Å²) >= 11 is 0. The molecule has 5 aromatic carbocycles. The van der Waals surface area contributed by atoms with Gasteiger partial charge in [0.1, 0.15) is 35.2 Å². The molecule has 0 aliphatic rings. The lowest BCUT2D eigenvalue weighted by molar-refractivity contribution is -0.660. The number of benzene rings is 5. The highest BCUT2D eigenvalue weighted by Crippen LogP contribution is 2.34. The maximum Gasteiger partial charge on any atom is 0.212 e. The van der Waals surface area contributed by atoms with Crippen LogP contribution in [0.4, 0.5) is 0 Å². The van der Waals surface area contributed by atoms with Crippen LogP contribution in [0.1, 0.15) is 269 Å². The molecule has 10 rings (SSSR count). The molecular formula is C97H134N5+5. The summed E-state index contributed by atoms with van der Waals surface area (Å²) in [7, 11) is 10.6. The third-order valence-corrected chi connectivity index (χ3v) is 20.6. The van der Waals surface area contributed by atoms with Gasteiger partial charge in [-0.3, -0.25) is 0 Å². The summed E-state index contributed by atoms with van der Waals surface area (Å²) in [4.78, 5) is 0. The van der Waals surface area contributed by atoms with Gasteiger partial charge in [0.15, 0.2) is 31.0 Å². The number of nitrogens with zero attached hydrogens (tertiary/aromatic N) is 5. The molecule has 0 atom stereocenters. The van der Waals surface area contributed by atoms with Gasteiger partial charge in [0.25, 0.3) is 0 Å². The van der Waals surface area contributed by atoms with Gasteiger partial charge >= 0.3 is 0 Å². The van der Waals surface area contributed by atoms with Crippen molar-refractivity contribution in [3.63, 3.8) is 0 Å². The summed E-state index contributed by atoms with van der Waals surface area (Å²) < 4.78 is 11.1. The fourth-order valence-corrected chi connectivity index (χ4v) is 13.5. The zero-order valence-electron chi connectivity index (χ0n) is 69.3. The standard InChI is InChI=1S/C21H30N.2C20H28N.C19H26N.C17H22N/c1-7-17(8-2)19-10-9-16(5)20(13-19)21-14-18(15(3)4)11-12-22(21)6;1-14(2)16-10-11-21(7)19(13-16)18-9-8-17(12-15(18)3)20(4,5)6;1-14(2)11-17-7-8-19(16(5)12-17)20-13-18(15(3)4)9-10-21(20)6;1-13(2)16-7-8-18(15(5)11-16)19-12-17(14(3)4)9-10-20(19)6;1-12(2)15-8-9-18(5)17(11-15)16-7-6-13(3)10-14(16)4/h9-15,17H,7-8H2,1-6H3;8-14H,1-7H3;7-10,12-15H,11H2,1-6H3;7-14H,1-6H3;6-12H,1-5H3/q5*+1. The maximum atomic E-state index is 2.41. The molecular weight excluding hydrogens is 1240 g/mol. The van der Waals surface area contributed by atoms with Gasteiger partial charge in [-0.05, 0) is 222 Å². The van der Waals surface area contributed by atoms with E-state index in [4.69, 9.17) is 0 Å². The largest absolute Gasteiger partial charge is 0.212 e. The first kappa shape index (κ1) is 82.8. The zero-order valence-corrected chi connectivity index (χ0v) is 69.3. The predicted octanol–water partition coefficient (Wildman–Crippen LogP) is 23.9. The van der Waals surface area contributed by atoms with Gasteiger partial charge < -0.3 is 0 Å². The quantitative estimate of drug-likeness (QED) is 0.0859. The van der Waals surface area contributed by atoms with E-state index in [1.807, 2.05) is 0 Å². The van der Waals surface area contributed by atoms with Crippen LogP contribution < -0.4 is 22.8 Å². The van der Waals surface area contributed by atoms with E-state index >= 15 is 0 Å². The number of pyridine rings is 5. The van der Waals surface area contributed by atoms with E-state index in [1.54, 1.807) is 0 Å². The molecule has 5 heterocycles. The van der Waals surface area contributed by atoms with Crippen LogP contribution in [-0.2, 0) is 47.1 Å². The second-order valence-corrected chi connectivity index (χ2v) is 32.7. The van der Waals surface area contributed by atoms with Crippen LogP contribution in [0.2, 0.25) is 0 Å². The number of aryl methyl sites for hydroxylation is 11. The van der Waals surface area contributed by atoms with E-state index in [0.29, 0.717) is 47.3 Å². The normalized spacial score (nSPS) is 11.5. The second kappa shape index (κ2) is 37.3. The van der Waals surface area contributed by atoms with Crippen molar-refractivity contribution in [2.45, 2.75) is 239 Å². The molecule has 0 unspecified atom stereocenters. The Balaban J connectivity index is 0.000000201. The molecule has 0 saturated carbocycles. The van der Waals surface area contributed by atoms with Crippen molar-refractivity contribution < 1.29 is 22.8 Å². The number of hydrogen-bond donors (Lipinski definition) is 0. The minimum absolute atomic E-state index is 0.200. The summed E-state index contributed by atoms with van der Waals surface area (Å²) in [6, 6.07) is 57.0. The Morgan fingerprint density at radius 3 is 0.902 bits per heavy atom. The van der Waals surface area contributed by atoms with Crippen LogP contribution in [0, 0.1) is 47.5 Å². The highest BCUT2D eigenvalue weighted by molar-refractivity contribution is 5.66. The molecule has 102 heavy (non-hydrogen) atoms. The molecule has 0 radical (unpaired) electrons. The zero-order chi connectivity index (χ0) is 75.8. The first-order valence-electron chi connectivity index (χ1n) is 38.4. The lowest BCUT2D eigenvalue weighted by Gasteiger charge is -2.20.